The molecule has 1 unspecified atom stereocenters. The van der Waals surface area contributed by atoms with Gasteiger partial charge in [-0.25, -0.2) is 0 Å². The molecular weight excluding hydrogens is 362 g/mol. The van der Waals surface area contributed by atoms with Gasteiger partial charge < -0.3 is 14.2 Å². The van der Waals surface area contributed by atoms with Gasteiger partial charge in [-0.3, -0.25) is 4.79 Å². The van der Waals surface area contributed by atoms with Gasteiger partial charge in [-0.1, -0.05) is 24.3 Å². The number of carbonyl (C=O) groups is 1. The van der Waals surface area contributed by atoms with E-state index in [-0.39, 0.29) is 18.4 Å². The molecular formula is C19H18F2O4S. The maximum Gasteiger partial charge on any atom is 0.341 e. The molecule has 1 fully saturated rings. The summed E-state index contributed by atoms with van der Waals surface area (Å²) < 4.78 is 46.3. The van der Waals surface area contributed by atoms with Gasteiger partial charge >= 0.3 is 11.2 Å². The summed E-state index contributed by atoms with van der Waals surface area (Å²) in [6.45, 7) is 0. The van der Waals surface area contributed by atoms with Crippen LogP contribution in [0.3, 0.4) is 0 Å². The minimum Gasteiger partial charge on any atom is -0.493 e. The molecule has 138 valence electrons. The number of carbonyl (C=O) groups excluding carboxylic acids is 1. The molecule has 2 aromatic rings. The number of alkyl halides is 2. The van der Waals surface area contributed by atoms with Crippen LogP contribution in [0, 0.1) is 0 Å². The van der Waals surface area contributed by atoms with E-state index in [1.54, 1.807) is 30.3 Å². The molecule has 4 nitrogen and oxygen atoms in total. The van der Waals surface area contributed by atoms with Crippen LogP contribution >= 0.6 is 11.8 Å². The third kappa shape index (κ3) is 3.23. The second-order valence-electron chi connectivity index (χ2n) is 5.80. The summed E-state index contributed by atoms with van der Waals surface area (Å²) in [7, 11) is 2.88. The first-order valence-electron chi connectivity index (χ1n) is 7.98. The number of cyclic esters (lactones) is 1. The highest BCUT2D eigenvalue weighted by molar-refractivity contribution is 8.00. The SMILES string of the molecule is COc1ccc(C2(C(F)(F)Sc3ccccc3)CCC(=O)O2)cc1OC. The summed E-state index contributed by atoms with van der Waals surface area (Å²) in [6.07, 6.45) is -0.187. The van der Waals surface area contributed by atoms with E-state index in [0.29, 0.717) is 28.2 Å². The van der Waals surface area contributed by atoms with E-state index >= 15 is 8.78 Å². The quantitative estimate of drug-likeness (QED) is 0.540. The van der Waals surface area contributed by atoms with Crippen LogP contribution in [-0.2, 0) is 15.1 Å². The van der Waals surface area contributed by atoms with Gasteiger partial charge in [0.25, 0.3) is 0 Å². The maximum absolute atomic E-state index is 15.4. The Morgan fingerprint density at radius 3 is 2.35 bits per heavy atom. The number of thioether (sulfide) groups is 1. The molecule has 7 heteroatoms. The van der Waals surface area contributed by atoms with Crippen molar-refractivity contribution < 1.29 is 27.8 Å². The number of benzene rings is 2. The van der Waals surface area contributed by atoms with Crippen molar-refractivity contribution in [3.05, 3.63) is 54.1 Å². The molecule has 0 aromatic heterocycles. The van der Waals surface area contributed by atoms with Crippen LogP contribution in [0.15, 0.2) is 53.4 Å². The van der Waals surface area contributed by atoms with Crippen molar-refractivity contribution in [1.29, 1.82) is 0 Å². The highest BCUT2D eigenvalue weighted by atomic mass is 32.2. The van der Waals surface area contributed by atoms with Gasteiger partial charge in [-0.2, -0.15) is 8.78 Å². The van der Waals surface area contributed by atoms with Crippen LogP contribution in [0.25, 0.3) is 0 Å². The van der Waals surface area contributed by atoms with E-state index in [4.69, 9.17) is 14.2 Å². The predicted octanol–water partition coefficient (Wildman–Crippen LogP) is 4.62. The van der Waals surface area contributed by atoms with E-state index < -0.39 is 16.8 Å². The minimum atomic E-state index is -3.37. The summed E-state index contributed by atoms with van der Waals surface area (Å²) in [6, 6.07) is 12.8. The van der Waals surface area contributed by atoms with Crippen LogP contribution < -0.4 is 9.47 Å². The molecule has 0 amide bonds. The number of hydrogen-bond donors (Lipinski definition) is 0. The number of methoxy groups -OCH3 is 2. The summed E-state index contributed by atoms with van der Waals surface area (Å²) in [5.41, 5.74) is -1.89. The highest BCUT2D eigenvalue weighted by Gasteiger charge is 2.61. The number of ether oxygens (including phenoxy) is 3. The first-order valence-corrected chi connectivity index (χ1v) is 8.80. The summed E-state index contributed by atoms with van der Waals surface area (Å²) in [4.78, 5) is 12.2. The average molecular weight is 380 g/mol. The molecule has 1 heterocycles. The third-order valence-corrected chi connectivity index (χ3v) is 5.37. The van der Waals surface area contributed by atoms with Crippen LogP contribution in [-0.4, -0.2) is 25.4 Å². The van der Waals surface area contributed by atoms with Gasteiger partial charge in [0.05, 0.1) is 14.2 Å². The lowest BCUT2D eigenvalue weighted by Gasteiger charge is -2.35. The van der Waals surface area contributed by atoms with Crippen molar-refractivity contribution in [2.24, 2.45) is 0 Å². The van der Waals surface area contributed by atoms with Crippen molar-refractivity contribution >= 4 is 17.7 Å². The van der Waals surface area contributed by atoms with Crippen LogP contribution in [0.4, 0.5) is 8.78 Å². The van der Waals surface area contributed by atoms with E-state index in [9.17, 15) is 4.79 Å². The topological polar surface area (TPSA) is 44.8 Å². The first-order chi connectivity index (χ1) is 12.4. The number of esters is 1. The van der Waals surface area contributed by atoms with Gasteiger partial charge in [0.2, 0.25) is 5.60 Å². The second kappa shape index (κ2) is 7.15. The molecule has 0 N–H and O–H groups in total. The lowest BCUT2D eigenvalue weighted by atomic mass is 9.90. The summed E-state index contributed by atoms with van der Waals surface area (Å²) in [5, 5.41) is -3.37. The first kappa shape index (κ1) is 18.5. The second-order valence-corrected chi connectivity index (χ2v) is 6.99. The van der Waals surface area contributed by atoms with E-state index in [1.165, 1.54) is 32.4 Å². The van der Waals surface area contributed by atoms with Crippen molar-refractivity contribution in [2.75, 3.05) is 14.2 Å². The Bertz CT molecular complexity index is 797. The Kier molecular flexibility index (Phi) is 5.09. The molecule has 1 saturated heterocycles. The zero-order valence-corrected chi connectivity index (χ0v) is 15.1. The third-order valence-electron chi connectivity index (χ3n) is 4.28. The molecule has 0 spiro atoms. The van der Waals surface area contributed by atoms with E-state index in [0.717, 1.165) is 0 Å². The largest absolute Gasteiger partial charge is 0.493 e. The zero-order chi connectivity index (χ0) is 18.8. The smallest absolute Gasteiger partial charge is 0.341 e. The van der Waals surface area contributed by atoms with Crippen LogP contribution in [0.2, 0.25) is 0 Å². The van der Waals surface area contributed by atoms with Crippen molar-refractivity contribution in [2.45, 2.75) is 28.6 Å². The predicted molar refractivity (Wildman–Crippen MR) is 93.8 cm³/mol. The molecule has 0 saturated carbocycles. The fourth-order valence-corrected chi connectivity index (χ4v) is 3.97. The van der Waals surface area contributed by atoms with Gasteiger partial charge in [-0.15, -0.1) is 0 Å². The molecule has 0 radical (unpaired) electrons. The molecule has 1 atom stereocenters. The normalized spacial score (nSPS) is 19.9. The average Bonchev–Trinajstić information content (AvgIpc) is 3.05. The van der Waals surface area contributed by atoms with E-state index in [2.05, 4.69) is 0 Å². The lowest BCUT2D eigenvalue weighted by molar-refractivity contribution is -0.172. The zero-order valence-electron chi connectivity index (χ0n) is 14.3. The Hall–Kier alpha value is -2.28. The highest BCUT2D eigenvalue weighted by Crippen LogP contribution is 2.56. The maximum atomic E-state index is 15.4. The Morgan fingerprint density at radius 1 is 1.08 bits per heavy atom. The van der Waals surface area contributed by atoms with Gasteiger partial charge in [-0.05, 0) is 36.0 Å². The molecule has 0 bridgehead atoms. The number of halogens is 2. The lowest BCUT2D eigenvalue weighted by Crippen LogP contribution is -2.43. The summed E-state index contributed by atoms with van der Waals surface area (Å²) in [5.74, 6) is 0.0655. The number of hydrogen-bond acceptors (Lipinski definition) is 5. The Morgan fingerprint density at radius 2 is 1.77 bits per heavy atom. The van der Waals surface area contributed by atoms with E-state index in [1.807, 2.05) is 0 Å². The molecule has 3 rings (SSSR count). The van der Waals surface area contributed by atoms with Crippen molar-refractivity contribution in [3.8, 4) is 11.5 Å². The monoisotopic (exact) mass is 380 g/mol. The standard InChI is InChI=1S/C19H18F2O4S/c1-23-15-9-8-13(12-16(15)24-2)18(11-10-17(22)25-18)19(20,21)26-14-6-4-3-5-7-14/h3-9,12H,10-11H2,1-2H3. The molecule has 0 aliphatic carbocycles. The fourth-order valence-electron chi connectivity index (χ4n) is 2.96. The van der Waals surface area contributed by atoms with Crippen molar-refractivity contribution in [1.82, 2.24) is 0 Å². The molecule has 26 heavy (non-hydrogen) atoms. The fraction of sp³-hybridized carbons (Fsp3) is 0.316. The van der Waals surface area contributed by atoms with Gasteiger partial charge in [0, 0.05) is 23.3 Å². The van der Waals surface area contributed by atoms with Crippen LogP contribution in [0.1, 0.15) is 18.4 Å². The molecule has 2 aromatic carbocycles. The summed E-state index contributed by atoms with van der Waals surface area (Å²) >= 11 is 0.380. The Labute approximate surface area is 154 Å². The number of rotatable bonds is 6. The van der Waals surface area contributed by atoms with Gasteiger partial charge in [0.15, 0.2) is 11.5 Å². The van der Waals surface area contributed by atoms with Gasteiger partial charge in [0.1, 0.15) is 0 Å². The van der Waals surface area contributed by atoms with Crippen LogP contribution in [0.5, 0.6) is 11.5 Å². The molecule has 1 aliphatic rings. The van der Waals surface area contributed by atoms with Crippen molar-refractivity contribution in [3.63, 3.8) is 0 Å². The minimum absolute atomic E-state index is 0.0702. The Balaban J connectivity index is 2.06. The molecule has 1 aliphatic heterocycles.